The summed E-state index contributed by atoms with van der Waals surface area (Å²) in [6.07, 6.45) is 0. The fourth-order valence-corrected chi connectivity index (χ4v) is 1.77. The van der Waals surface area contributed by atoms with Gasteiger partial charge in [-0.2, -0.15) is 0 Å². The molecule has 3 N–H and O–H groups in total. The predicted molar refractivity (Wildman–Crippen MR) is 53.3 cm³/mol. The first kappa shape index (κ1) is 9.89. The van der Waals surface area contributed by atoms with Crippen LogP contribution in [-0.4, -0.2) is 12.5 Å². The molecule has 2 rings (SSSR count). The van der Waals surface area contributed by atoms with Gasteiger partial charge in [-0.25, -0.2) is 8.78 Å². The maximum Gasteiger partial charge on any atom is 0.189 e. The van der Waals surface area contributed by atoms with Crippen molar-refractivity contribution in [3.63, 3.8) is 0 Å². The summed E-state index contributed by atoms with van der Waals surface area (Å²) in [7, 11) is 0. The van der Waals surface area contributed by atoms with Crippen molar-refractivity contribution in [2.24, 2.45) is 10.7 Å². The lowest BCUT2D eigenvalue weighted by Crippen LogP contribution is -2.44. The zero-order valence-electron chi connectivity index (χ0n) is 8.22. The average molecular weight is 211 g/mol. The summed E-state index contributed by atoms with van der Waals surface area (Å²) in [5.41, 5.74) is 4.53. The van der Waals surface area contributed by atoms with Gasteiger partial charge >= 0.3 is 0 Å². The molecular weight excluding hydrogens is 200 g/mol. The van der Waals surface area contributed by atoms with E-state index in [1.165, 1.54) is 18.2 Å². The van der Waals surface area contributed by atoms with Gasteiger partial charge in [-0.3, -0.25) is 4.99 Å². The third-order valence-corrected chi connectivity index (χ3v) is 2.48. The number of nitrogens with two attached hydrogens (primary N) is 1. The summed E-state index contributed by atoms with van der Waals surface area (Å²) in [5, 5.41) is 2.78. The highest BCUT2D eigenvalue weighted by molar-refractivity contribution is 5.81. The fourth-order valence-electron chi connectivity index (χ4n) is 1.77. The van der Waals surface area contributed by atoms with E-state index in [1.54, 1.807) is 6.92 Å². The monoisotopic (exact) mass is 211 g/mol. The molecule has 0 fully saturated rings. The quantitative estimate of drug-likeness (QED) is 0.730. The zero-order chi connectivity index (χ0) is 11.1. The Hall–Kier alpha value is -1.65. The number of hydrogen-bond donors (Lipinski definition) is 2. The van der Waals surface area contributed by atoms with Crippen molar-refractivity contribution in [1.29, 1.82) is 0 Å². The molecule has 5 heteroatoms. The number of guanidine groups is 1. The highest BCUT2D eigenvalue weighted by atomic mass is 19.1. The SMILES string of the molecule is CC1(c2c(F)cccc2F)CN=C(N)N1. The molecular formula is C10H11F2N3. The van der Waals surface area contributed by atoms with Gasteiger partial charge in [-0.05, 0) is 19.1 Å². The van der Waals surface area contributed by atoms with Crippen LogP contribution in [0.15, 0.2) is 23.2 Å². The van der Waals surface area contributed by atoms with Crippen LogP contribution in [0.2, 0.25) is 0 Å². The minimum atomic E-state index is -0.889. The van der Waals surface area contributed by atoms with Crippen LogP contribution in [0.25, 0.3) is 0 Å². The van der Waals surface area contributed by atoms with Crippen molar-refractivity contribution < 1.29 is 8.78 Å². The largest absolute Gasteiger partial charge is 0.370 e. The molecule has 1 aliphatic rings. The van der Waals surface area contributed by atoms with E-state index in [9.17, 15) is 8.78 Å². The first-order valence-corrected chi connectivity index (χ1v) is 4.55. The van der Waals surface area contributed by atoms with E-state index >= 15 is 0 Å². The Morgan fingerprint density at radius 1 is 1.40 bits per heavy atom. The molecule has 0 spiro atoms. The van der Waals surface area contributed by atoms with Crippen molar-refractivity contribution in [3.8, 4) is 0 Å². The molecule has 1 atom stereocenters. The Labute approximate surface area is 86.0 Å². The van der Waals surface area contributed by atoms with E-state index in [4.69, 9.17) is 5.73 Å². The van der Waals surface area contributed by atoms with Crippen LogP contribution in [0.1, 0.15) is 12.5 Å². The molecule has 80 valence electrons. The third-order valence-electron chi connectivity index (χ3n) is 2.48. The Balaban J connectivity index is 2.46. The molecule has 1 unspecified atom stereocenters. The molecule has 1 heterocycles. The van der Waals surface area contributed by atoms with E-state index in [2.05, 4.69) is 10.3 Å². The minimum absolute atomic E-state index is 0.0193. The van der Waals surface area contributed by atoms with E-state index in [1.807, 2.05) is 0 Å². The minimum Gasteiger partial charge on any atom is -0.370 e. The molecule has 3 nitrogen and oxygen atoms in total. The summed E-state index contributed by atoms with van der Waals surface area (Å²) in [6, 6.07) is 3.77. The molecule has 1 aromatic rings. The Morgan fingerprint density at radius 3 is 2.47 bits per heavy atom. The average Bonchev–Trinajstić information content (AvgIpc) is 2.46. The van der Waals surface area contributed by atoms with Gasteiger partial charge < -0.3 is 11.1 Å². The number of nitrogens with zero attached hydrogens (tertiary/aromatic N) is 1. The molecule has 15 heavy (non-hydrogen) atoms. The fraction of sp³-hybridized carbons (Fsp3) is 0.300. The molecule has 0 radical (unpaired) electrons. The van der Waals surface area contributed by atoms with Crippen molar-refractivity contribution in [1.82, 2.24) is 5.32 Å². The number of rotatable bonds is 1. The molecule has 1 aliphatic heterocycles. The number of benzene rings is 1. The van der Waals surface area contributed by atoms with E-state index < -0.39 is 17.2 Å². The summed E-state index contributed by atoms with van der Waals surface area (Å²) in [6.45, 7) is 1.90. The number of nitrogens with one attached hydrogen (secondary N) is 1. The topological polar surface area (TPSA) is 50.4 Å². The van der Waals surface area contributed by atoms with Crippen LogP contribution in [0, 0.1) is 11.6 Å². The van der Waals surface area contributed by atoms with Crippen LogP contribution >= 0.6 is 0 Å². The maximum atomic E-state index is 13.5. The van der Waals surface area contributed by atoms with E-state index in [0.717, 1.165) is 0 Å². The smallest absolute Gasteiger partial charge is 0.189 e. The van der Waals surface area contributed by atoms with Crippen LogP contribution in [-0.2, 0) is 5.54 Å². The van der Waals surface area contributed by atoms with Crippen molar-refractivity contribution in [2.45, 2.75) is 12.5 Å². The highest BCUT2D eigenvalue weighted by Gasteiger charge is 2.36. The number of hydrogen-bond acceptors (Lipinski definition) is 3. The van der Waals surface area contributed by atoms with Gasteiger partial charge in [0.05, 0.1) is 17.6 Å². The third kappa shape index (κ3) is 1.54. The molecule has 0 aliphatic carbocycles. The predicted octanol–water partition coefficient (Wildman–Crippen LogP) is 1.10. The normalized spacial score (nSPS) is 24.9. The second-order valence-electron chi connectivity index (χ2n) is 3.76. The summed E-state index contributed by atoms with van der Waals surface area (Å²) in [5.74, 6) is -0.968. The molecule has 1 aromatic carbocycles. The lowest BCUT2D eigenvalue weighted by molar-refractivity contribution is 0.418. The van der Waals surface area contributed by atoms with E-state index in [0.29, 0.717) is 0 Å². The maximum absolute atomic E-state index is 13.5. The Morgan fingerprint density at radius 2 is 2.00 bits per heavy atom. The van der Waals surface area contributed by atoms with Gasteiger partial charge in [-0.1, -0.05) is 6.07 Å². The van der Waals surface area contributed by atoms with Gasteiger partial charge in [0.25, 0.3) is 0 Å². The summed E-state index contributed by atoms with van der Waals surface area (Å²) >= 11 is 0. The molecule has 0 saturated carbocycles. The van der Waals surface area contributed by atoms with E-state index in [-0.39, 0.29) is 18.1 Å². The zero-order valence-corrected chi connectivity index (χ0v) is 8.22. The Bertz CT molecular complexity index is 410. The van der Waals surface area contributed by atoms with Gasteiger partial charge in [0.2, 0.25) is 0 Å². The molecule has 0 bridgehead atoms. The lowest BCUT2D eigenvalue weighted by atomic mass is 9.92. The molecule has 0 amide bonds. The second-order valence-corrected chi connectivity index (χ2v) is 3.76. The number of aliphatic imine (C=N–C) groups is 1. The van der Waals surface area contributed by atoms with Gasteiger partial charge in [0.1, 0.15) is 11.6 Å². The van der Waals surface area contributed by atoms with Crippen molar-refractivity contribution in [3.05, 3.63) is 35.4 Å². The second kappa shape index (κ2) is 3.18. The number of halogens is 2. The molecule has 0 aromatic heterocycles. The van der Waals surface area contributed by atoms with Crippen LogP contribution < -0.4 is 11.1 Å². The van der Waals surface area contributed by atoms with Gasteiger partial charge in [0, 0.05) is 0 Å². The summed E-state index contributed by atoms with van der Waals surface area (Å²) < 4.78 is 27.0. The molecule has 0 saturated heterocycles. The van der Waals surface area contributed by atoms with Crippen molar-refractivity contribution in [2.75, 3.05) is 6.54 Å². The van der Waals surface area contributed by atoms with Crippen molar-refractivity contribution >= 4 is 5.96 Å². The van der Waals surface area contributed by atoms with Crippen LogP contribution in [0.4, 0.5) is 8.78 Å². The lowest BCUT2D eigenvalue weighted by Gasteiger charge is -2.25. The first-order valence-electron chi connectivity index (χ1n) is 4.55. The first-order chi connectivity index (χ1) is 7.03. The van der Waals surface area contributed by atoms with Gasteiger partial charge in [-0.15, -0.1) is 0 Å². The Kier molecular flexibility index (Phi) is 2.10. The standard InChI is InChI=1S/C10H11F2N3/c1-10(5-14-9(13)15-10)8-6(11)3-2-4-7(8)12/h2-4H,5H2,1H3,(H3,13,14,15). The van der Waals surface area contributed by atoms with Gasteiger partial charge in [0.15, 0.2) is 5.96 Å². The van der Waals surface area contributed by atoms with Crippen LogP contribution in [0.5, 0.6) is 0 Å². The summed E-state index contributed by atoms with van der Waals surface area (Å²) in [4.78, 5) is 3.90. The van der Waals surface area contributed by atoms with Crippen LogP contribution in [0.3, 0.4) is 0 Å². The highest BCUT2D eigenvalue weighted by Crippen LogP contribution is 2.28.